The van der Waals surface area contributed by atoms with Gasteiger partial charge in [-0.2, -0.15) is 11.1 Å². The summed E-state index contributed by atoms with van der Waals surface area (Å²) in [6.07, 6.45) is 7.44. The quantitative estimate of drug-likeness (QED) is 0.343. The van der Waals surface area contributed by atoms with Crippen LogP contribution in [0.3, 0.4) is 0 Å². The van der Waals surface area contributed by atoms with E-state index in [1.165, 1.54) is 25.7 Å². The molecule has 0 aliphatic carbocycles. The molecule has 0 aliphatic rings. The molecule has 0 nitrogen and oxygen atoms in total. The van der Waals surface area contributed by atoms with E-state index in [1.54, 1.807) is 0 Å². The first-order valence-corrected chi connectivity index (χ1v) is 7.64. The average molecular weight is 177 g/mol. The molecule has 0 N–H and O–H groups in total. The summed E-state index contributed by atoms with van der Waals surface area (Å²) in [7, 11) is -0.930. The van der Waals surface area contributed by atoms with Crippen molar-refractivity contribution in [3.05, 3.63) is 11.8 Å². The fraction of sp³-hybridized carbons (Fsp3) is 0.750. The van der Waals surface area contributed by atoms with Crippen molar-refractivity contribution in [2.75, 3.05) is 0 Å². The molecule has 0 spiro atoms. The lowest BCUT2D eigenvalue weighted by molar-refractivity contribution is 0.729. The number of halogens is 1. The van der Waals surface area contributed by atoms with Gasteiger partial charge in [-0.15, -0.1) is 0 Å². The maximum atomic E-state index is 5.84. The predicted molar refractivity (Wildman–Crippen MR) is 52.1 cm³/mol. The van der Waals surface area contributed by atoms with Gasteiger partial charge in [-0.05, 0) is 12.8 Å². The Balaban J connectivity index is 3.02. The van der Waals surface area contributed by atoms with Crippen LogP contribution < -0.4 is 0 Å². The fourth-order valence-electron chi connectivity index (χ4n) is 0.796. The molecule has 0 amide bonds. The first-order valence-electron chi connectivity index (χ1n) is 4.08. The molecule has 1 unspecified atom stereocenters. The van der Waals surface area contributed by atoms with Crippen molar-refractivity contribution in [2.24, 2.45) is 0 Å². The fourth-order valence-corrected chi connectivity index (χ4v) is 1.67. The van der Waals surface area contributed by atoms with Crippen LogP contribution in [0.15, 0.2) is 11.8 Å². The summed E-state index contributed by atoms with van der Waals surface area (Å²) in [6.45, 7) is 4.35. The highest BCUT2D eigenvalue weighted by atomic mass is 35.6. The van der Waals surface area contributed by atoms with E-state index in [4.69, 9.17) is 11.1 Å². The largest absolute Gasteiger partial charge is 0.166 e. The topological polar surface area (TPSA) is 0 Å². The minimum atomic E-state index is -0.930. The Labute approximate surface area is 70.6 Å². The summed E-state index contributed by atoms with van der Waals surface area (Å²) in [6, 6.07) is 0. The van der Waals surface area contributed by atoms with Gasteiger partial charge >= 0.3 is 0 Å². The highest BCUT2D eigenvalue weighted by Crippen LogP contribution is 2.00. The summed E-state index contributed by atoms with van der Waals surface area (Å²) in [5, 5.41) is 0. The summed E-state index contributed by atoms with van der Waals surface area (Å²) in [5.41, 5.74) is 2.19. The monoisotopic (exact) mass is 176 g/mol. The molecule has 0 aromatic carbocycles. The summed E-state index contributed by atoms with van der Waals surface area (Å²) in [4.78, 5) is 0. The SMILES string of the molecule is CCCCCC=C[SiH](C)Cl. The number of rotatable bonds is 5. The molecule has 0 aliphatic heterocycles. The van der Waals surface area contributed by atoms with E-state index >= 15 is 0 Å². The summed E-state index contributed by atoms with van der Waals surface area (Å²) < 4.78 is 0. The number of allylic oxidation sites excluding steroid dienone is 1. The smallest absolute Gasteiger partial charge is 0.160 e. The molecule has 60 valence electrons. The molecular weight excluding hydrogens is 160 g/mol. The first kappa shape index (κ1) is 10.2. The molecular formula is C8H17ClSi. The molecule has 0 fully saturated rings. The van der Waals surface area contributed by atoms with E-state index < -0.39 is 8.11 Å². The number of hydrogen-bond acceptors (Lipinski definition) is 0. The van der Waals surface area contributed by atoms with Crippen molar-refractivity contribution in [3.63, 3.8) is 0 Å². The zero-order valence-corrected chi connectivity index (χ0v) is 8.85. The minimum absolute atomic E-state index is 0.930. The Hall–Kier alpha value is 0.247. The molecule has 1 atom stereocenters. The Morgan fingerprint density at radius 2 is 2.10 bits per heavy atom. The molecule has 0 rings (SSSR count). The van der Waals surface area contributed by atoms with Crippen molar-refractivity contribution in [1.82, 2.24) is 0 Å². The molecule has 0 saturated heterocycles. The summed E-state index contributed by atoms with van der Waals surface area (Å²) in [5.74, 6) is 0. The first-order chi connectivity index (χ1) is 4.77. The Bertz CT molecular complexity index is 89.3. The van der Waals surface area contributed by atoms with Crippen LogP contribution in [0.2, 0.25) is 6.55 Å². The van der Waals surface area contributed by atoms with Gasteiger partial charge in [0.15, 0.2) is 8.11 Å². The third-order valence-corrected chi connectivity index (χ3v) is 2.61. The van der Waals surface area contributed by atoms with Crippen LogP contribution in [0, 0.1) is 0 Å². The van der Waals surface area contributed by atoms with Crippen molar-refractivity contribution < 1.29 is 0 Å². The molecule has 0 aromatic heterocycles. The Morgan fingerprint density at radius 3 is 2.60 bits per heavy atom. The van der Waals surface area contributed by atoms with Crippen LogP contribution >= 0.6 is 11.1 Å². The van der Waals surface area contributed by atoms with Crippen molar-refractivity contribution in [3.8, 4) is 0 Å². The third-order valence-electron chi connectivity index (χ3n) is 1.38. The number of unbranched alkanes of at least 4 members (excludes halogenated alkanes) is 3. The molecule has 0 heterocycles. The highest BCUT2D eigenvalue weighted by molar-refractivity contribution is 7.09. The van der Waals surface area contributed by atoms with Gasteiger partial charge in [0.1, 0.15) is 0 Å². The maximum absolute atomic E-state index is 5.84. The lowest BCUT2D eigenvalue weighted by Gasteiger charge is -1.91. The predicted octanol–water partition coefficient (Wildman–Crippen LogP) is 3.25. The Kier molecular flexibility index (Phi) is 7.54. The van der Waals surface area contributed by atoms with Gasteiger partial charge in [0, 0.05) is 0 Å². The van der Waals surface area contributed by atoms with Gasteiger partial charge in [-0.25, -0.2) is 0 Å². The van der Waals surface area contributed by atoms with Gasteiger partial charge in [-0.3, -0.25) is 0 Å². The van der Waals surface area contributed by atoms with Crippen LogP contribution in [0.5, 0.6) is 0 Å². The van der Waals surface area contributed by atoms with E-state index in [1.807, 2.05) is 0 Å². The molecule has 0 saturated carbocycles. The van der Waals surface area contributed by atoms with Gasteiger partial charge in [0.05, 0.1) is 0 Å². The van der Waals surface area contributed by atoms with Gasteiger partial charge in [-0.1, -0.05) is 38.1 Å². The molecule has 0 aromatic rings. The van der Waals surface area contributed by atoms with Gasteiger partial charge in [0.25, 0.3) is 0 Å². The van der Waals surface area contributed by atoms with E-state index in [-0.39, 0.29) is 0 Å². The lowest BCUT2D eigenvalue weighted by Crippen LogP contribution is -1.87. The third kappa shape index (κ3) is 8.25. The average Bonchev–Trinajstić information content (AvgIpc) is 1.87. The van der Waals surface area contributed by atoms with Crippen LogP contribution in [0.25, 0.3) is 0 Å². The minimum Gasteiger partial charge on any atom is -0.166 e. The molecule has 0 bridgehead atoms. The van der Waals surface area contributed by atoms with Gasteiger partial charge < -0.3 is 0 Å². The summed E-state index contributed by atoms with van der Waals surface area (Å²) >= 11 is 5.84. The standard InChI is InChI=1S/C8H17ClSi/c1-3-4-5-6-7-8-10(2)9/h7-8,10H,3-6H2,1-2H3. The second kappa shape index (κ2) is 7.36. The molecule has 10 heavy (non-hydrogen) atoms. The van der Waals surface area contributed by atoms with Crippen molar-refractivity contribution >= 4 is 19.2 Å². The Morgan fingerprint density at radius 1 is 1.40 bits per heavy atom. The molecule has 2 heteroatoms. The van der Waals surface area contributed by atoms with Crippen LogP contribution in [0.1, 0.15) is 32.6 Å². The van der Waals surface area contributed by atoms with E-state index in [2.05, 4.69) is 25.2 Å². The molecule has 0 radical (unpaired) electrons. The highest BCUT2D eigenvalue weighted by Gasteiger charge is 1.88. The van der Waals surface area contributed by atoms with Crippen LogP contribution in [-0.4, -0.2) is 8.11 Å². The second-order valence-electron chi connectivity index (χ2n) is 2.60. The second-order valence-corrected chi connectivity index (χ2v) is 6.41. The van der Waals surface area contributed by atoms with Crippen LogP contribution in [-0.2, 0) is 0 Å². The van der Waals surface area contributed by atoms with E-state index in [0.29, 0.717) is 0 Å². The van der Waals surface area contributed by atoms with Crippen molar-refractivity contribution in [2.45, 2.75) is 39.2 Å². The van der Waals surface area contributed by atoms with Crippen LogP contribution in [0.4, 0.5) is 0 Å². The zero-order chi connectivity index (χ0) is 7.82. The van der Waals surface area contributed by atoms with E-state index in [0.717, 1.165) is 0 Å². The maximum Gasteiger partial charge on any atom is 0.160 e. The van der Waals surface area contributed by atoms with E-state index in [9.17, 15) is 0 Å². The van der Waals surface area contributed by atoms with Crippen molar-refractivity contribution in [1.29, 1.82) is 0 Å². The zero-order valence-electron chi connectivity index (χ0n) is 6.94. The normalized spacial score (nSPS) is 14.3. The number of hydrogen-bond donors (Lipinski definition) is 0. The lowest BCUT2D eigenvalue weighted by atomic mass is 10.2. The van der Waals surface area contributed by atoms with Gasteiger partial charge in [0.2, 0.25) is 0 Å².